The molecule has 0 saturated carbocycles. The fraction of sp³-hybridized carbons (Fsp3) is 0.667. The first kappa shape index (κ1) is 13.2. The quantitative estimate of drug-likeness (QED) is 0.297. The summed E-state index contributed by atoms with van der Waals surface area (Å²) in [5.41, 5.74) is 4.96. The van der Waals surface area contributed by atoms with Crippen LogP contribution in [0, 0.1) is 17.2 Å². The van der Waals surface area contributed by atoms with Crippen LogP contribution in [0.2, 0.25) is 0 Å². The maximum atomic E-state index is 8.57. The molecule has 0 aromatic carbocycles. The first-order chi connectivity index (χ1) is 7.19. The highest BCUT2D eigenvalue weighted by atomic mass is 16.6. The van der Waals surface area contributed by atoms with Gasteiger partial charge in [0.15, 0.2) is 0 Å². The molecule has 0 heterocycles. The van der Waals surface area contributed by atoms with Gasteiger partial charge in [0, 0.05) is 0 Å². The first-order valence-electron chi connectivity index (χ1n) is 4.77. The van der Waals surface area contributed by atoms with E-state index in [2.05, 4.69) is 24.2 Å². The van der Waals surface area contributed by atoms with Crippen molar-refractivity contribution < 1.29 is 10.0 Å². The second-order valence-corrected chi connectivity index (χ2v) is 3.02. The van der Waals surface area contributed by atoms with Crippen LogP contribution in [0.25, 0.3) is 0 Å². The van der Waals surface area contributed by atoms with Gasteiger partial charge in [-0.25, -0.2) is 0 Å². The van der Waals surface area contributed by atoms with E-state index in [0.717, 1.165) is 12.8 Å². The molecule has 6 heteroatoms. The molecule has 84 valence electrons. The molecular formula is C9H16N4O2. The van der Waals surface area contributed by atoms with Crippen LogP contribution in [-0.4, -0.2) is 23.4 Å². The Morgan fingerprint density at radius 2 is 2.13 bits per heavy atom. The van der Waals surface area contributed by atoms with Crippen molar-refractivity contribution >= 4 is 11.5 Å². The number of nitrogens with two attached hydrogens (primary N) is 1. The molecule has 0 radical (unpaired) electrons. The number of hydrogen-bond donors (Lipinski definition) is 2. The monoisotopic (exact) mass is 212 g/mol. The van der Waals surface area contributed by atoms with E-state index in [9.17, 15) is 0 Å². The van der Waals surface area contributed by atoms with Gasteiger partial charge in [-0.15, -0.1) is 0 Å². The zero-order valence-electron chi connectivity index (χ0n) is 8.97. The molecule has 0 bridgehead atoms. The number of nitriles is 1. The third-order valence-corrected chi connectivity index (χ3v) is 2.08. The Kier molecular flexibility index (Phi) is 6.72. The van der Waals surface area contributed by atoms with Crippen molar-refractivity contribution in [2.45, 2.75) is 26.7 Å². The van der Waals surface area contributed by atoms with E-state index < -0.39 is 0 Å². The fourth-order valence-electron chi connectivity index (χ4n) is 0.903. The third-order valence-electron chi connectivity index (χ3n) is 2.08. The Morgan fingerprint density at radius 3 is 2.53 bits per heavy atom. The topological polar surface area (TPSA) is 104 Å². The highest BCUT2D eigenvalue weighted by Crippen LogP contribution is 2.07. The lowest BCUT2D eigenvalue weighted by Gasteiger charge is -2.09. The molecule has 3 N–H and O–H groups in total. The van der Waals surface area contributed by atoms with E-state index in [1.165, 1.54) is 0 Å². The average Bonchev–Trinajstić information content (AvgIpc) is 2.28. The van der Waals surface area contributed by atoms with Crippen LogP contribution in [0.15, 0.2) is 10.3 Å². The van der Waals surface area contributed by atoms with Crippen LogP contribution in [0.4, 0.5) is 0 Å². The Balaban J connectivity index is 4.20. The predicted molar refractivity (Wildman–Crippen MR) is 56.5 cm³/mol. The van der Waals surface area contributed by atoms with Crippen molar-refractivity contribution in [3.63, 3.8) is 0 Å². The summed E-state index contributed by atoms with van der Waals surface area (Å²) in [5.74, 6) is 0.0584. The van der Waals surface area contributed by atoms with E-state index in [4.69, 9.17) is 21.0 Å². The Bertz CT molecular complexity index is 276. The van der Waals surface area contributed by atoms with Crippen molar-refractivity contribution in [3.05, 3.63) is 0 Å². The van der Waals surface area contributed by atoms with Crippen LogP contribution in [0.3, 0.4) is 0 Å². The van der Waals surface area contributed by atoms with Gasteiger partial charge in [-0.2, -0.15) is 5.26 Å². The standard InChI is InChI=1S/C9H16N4O2/c1-3-7(4-2)6-15-13-8(5-10)9(11)12-14/h7,14H,3-4,6H2,1-2H3,(H2,11,12). The minimum atomic E-state index is -0.345. The Hall–Kier alpha value is -1.77. The van der Waals surface area contributed by atoms with Crippen molar-refractivity contribution in [2.75, 3.05) is 6.61 Å². The Labute approximate surface area is 89.0 Å². The van der Waals surface area contributed by atoms with E-state index >= 15 is 0 Å². The molecular weight excluding hydrogens is 196 g/mol. The summed E-state index contributed by atoms with van der Waals surface area (Å²) in [6.45, 7) is 4.53. The molecule has 0 spiro atoms. The van der Waals surface area contributed by atoms with Gasteiger partial charge in [-0.1, -0.05) is 24.2 Å². The summed E-state index contributed by atoms with van der Waals surface area (Å²) in [4.78, 5) is 4.95. The number of hydrogen-bond acceptors (Lipinski definition) is 5. The zero-order valence-corrected chi connectivity index (χ0v) is 8.97. The summed E-state index contributed by atoms with van der Waals surface area (Å²) in [6.07, 6.45) is 1.97. The molecule has 0 fully saturated rings. The van der Waals surface area contributed by atoms with E-state index in [0.29, 0.717) is 12.5 Å². The van der Waals surface area contributed by atoms with Gasteiger partial charge in [0.25, 0.3) is 0 Å². The van der Waals surface area contributed by atoms with Crippen LogP contribution in [0.5, 0.6) is 0 Å². The molecule has 0 atom stereocenters. The van der Waals surface area contributed by atoms with Gasteiger partial charge in [0.05, 0.1) is 0 Å². The van der Waals surface area contributed by atoms with Gasteiger partial charge in [0.2, 0.25) is 11.5 Å². The summed E-state index contributed by atoms with van der Waals surface area (Å²) < 4.78 is 0. The molecule has 0 aromatic heterocycles. The van der Waals surface area contributed by atoms with Crippen LogP contribution in [-0.2, 0) is 4.84 Å². The minimum Gasteiger partial charge on any atom is -0.409 e. The van der Waals surface area contributed by atoms with Crippen LogP contribution in [0.1, 0.15) is 26.7 Å². The largest absolute Gasteiger partial charge is 0.409 e. The summed E-state index contributed by atoms with van der Waals surface area (Å²) in [6, 6.07) is 1.67. The zero-order chi connectivity index (χ0) is 11.7. The average molecular weight is 212 g/mol. The minimum absolute atomic E-state index is 0.219. The summed E-state index contributed by atoms with van der Waals surface area (Å²) >= 11 is 0. The van der Waals surface area contributed by atoms with Crippen molar-refractivity contribution in [3.8, 4) is 6.07 Å². The normalized spacial score (nSPS) is 12.7. The van der Waals surface area contributed by atoms with E-state index in [1.807, 2.05) is 0 Å². The van der Waals surface area contributed by atoms with Gasteiger partial charge < -0.3 is 15.8 Å². The highest BCUT2D eigenvalue weighted by molar-refractivity contribution is 6.46. The molecule has 0 aromatic rings. The summed E-state index contributed by atoms with van der Waals surface area (Å²) in [7, 11) is 0. The highest BCUT2D eigenvalue weighted by Gasteiger charge is 2.07. The number of oxime groups is 2. The second kappa shape index (κ2) is 7.62. The van der Waals surface area contributed by atoms with Gasteiger partial charge in [-0.3, -0.25) is 0 Å². The maximum absolute atomic E-state index is 8.57. The lowest BCUT2D eigenvalue weighted by Crippen LogP contribution is -2.23. The molecule has 0 aliphatic carbocycles. The smallest absolute Gasteiger partial charge is 0.224 e. The number of amidine groups is 1. The number of rotatable bonds is 6. The molecule has 15 heavy (non-hydrogen) atoms. The summed E-state index contributed by atoms with van der Waals surface area (Å²) in [5, 5.41) is 23.0. The van der Waals surface area contributed by atoms with E-state index in [-0.39, 0.29) is 11.5 Å². The van der Waals surface area contributed by atoms with Gasteiger partial charge in [-0.05, 0) is 18.8 Å². The molecule has 0 aliphatic rings. The van der Waals surface area contributed by atoms with Gasteiger partial charge >= 0.3 is 0 Å². The second-order valence-electron chi connectivity index (χ2n) is 3.02. The molecule has 0 unspecified atom stereocenters. The molecule has 0 amide bonds. The lowest BCUT2D eigenvalue weighted by atomic mass is 10.1. The predicted octanol–water partition coefficient (Wildman–Crippen LogP) is 1.07. The third kappa shape index (κ3) is 4.86. The first-order valence-corrected chi connectivity index (χ1v) is 4.77. The Morgan fingerprint density at radius 1 is 1.53 bits per heavy atom. The SMILES string of the molecule is CCC(CC)CON=C(C#N)C(N)=NO. The van der Waals surface area contributed by atoms with Gasteiger partial charge in [0.1, 0.15) is 12.7 Å². The lowest BCUT2D eigenvalue weighted by molar-refractivity contribution is 0.104. The maximum Gasteiger partial charge on any atom is 0.224 e. The molecule has 6 nitrogen and oxygen atoms in total. The van der Waals surface area contributed by atoms with E-state index in [1.54, 1.807) is 6.07 Å². The number of nitrogens with zero attached hydrogens (tertiary/aromatic N) is 3. The van der Waals surface area contributed by atoms with Crippen molar-refractivity contribution in [1.29, 1.82) is 5.26 Å². The molecule has 0 rings (SSSR count). The molecule has 0 saturated heterocycles. The molecule has 0 aliphatic heterocycles. The fourth-order valence-corrected chi connectivity index (χ4v) is 0.903. The van der Waals surface area contributed by atoms with Crippen LogP contribution >= 0.6 is 0 Å². The van der Waals surface area contributed by atoms with Crippen molar-refractivity contribution in [2.24, 2.45) is 22.0 Å². The van der Waals surface area contributed by atoms with Crippen LogP contribution < -0.4 is 5.73 Å². The van der Waals surface area contributed by atoms with Crippen molar-refractivity contribution in [1.82, 2.24) is 0 Å².